The van der Waals surface area contributed by atoms with Crippen LogP contribution in [-0.2, 0) is 14.8 Å². The smallest absolute Gasteiger partial charge is 0.251 e. The first-order valence-corrected chi connectivity index (χ1v) is 11.0. The van der Waals surface area contributed by atoms with Gasteiger partial charge in [0, 0.05) is 24.3 Å². The van der Waals surface area contributed by atoms with E-state index in [1.165, 1.54) is 24.3 Å². The third kappa shape index (κ3) is 5.35. The monoisotopic (exact) mass is 418 g/mol. The summed E-state index contributed by atoms with van der Waals surface area (Å²) in [4.78, 5) is 12.7. The van der Waals surface area contributed by atoms with Crippen molar-refractivity contribution in [2.24, 2.45) is 0 Å². The zero-order valence-corrected chi connectivity index (χ0v) is 17.4. The number of sulfonamides is 1. The van der Waals surface area contributed by atoms with Gasteiger partial charge in [-0.05, 0) is 50.1 Å². The summed E-state index contributed by atoms with van der Waals surface area (Å²) < 4.78 is 38.2. The van der Waals surface area contributed by atoms with E-state index in [0.29, 0.717) is 17.9 Å². The zero-order chi connectivity index (χ0) is 20.9. The lowest BCUT2D eigenvalue weighted by atomic mass is 10.1. The molecule has 2 aromatic carbocycles. The average molecular weight is 419 g/mol. The van der Waals surface area contributed by atoms with Gasteiger partial charge in [0.15, 0.2) is 0 Å². The molecule has 3 rings (SSSR count). The van der Waals surface area contributed by atoms with Gasteiger partial charge in [-0.15, -0.1) is 0 Å². The normalized spacial score (nSPS) is 17.7. The van der Waals surface area contributed by atoms with Gasteiger partial charge in [0.1, 0.15) is 5.75 Å². The summed E-state index contributed by atoms with van der Waals surface area (Å²) in [6.07, 6.45) is 1.72. The molecule has 0 aliphatic carbocycles. The average Bonchev–Trinajstić information content (AvgIpc) is 3.26. The van der Waals surface area contributed by atoms with E-state index in [0.717, 1.165) is 18.4 Å². The fraction of sp³-hybridized carbons (Fsp3) is 0.381. The summed E-state index contributed by atoms with van der Waals surface area (Å²) in [6, 6.07) is 13.1. The number of carbonyl (C=O) groups excluding carboxylic acids is 1. The molecule has 0 unspecified atom stereocenters. The predicted molar refractivity (Wildman–Crippen MR) is 109 cm³/mol. The first-order chi connectivity index (χ1) is 13.9. The molecule has 1 saturated heterocycles. The lowest BCUT2D eigenvalue weighted by Gasteiger charge is -2.17. The molecule has 0 bridgehead atoms. The number of rotatable bonds is 8. The minimum Gasteiger partial charge on any atom is -0.496 e. The lowest BCUT2D eigenvalue weighted by Crippen LogP contribution is -2.32. The quantitative estimate of drug-likeness (QED) is 0.687. The minimum atomic E-state index is -3.64. The van der Waals surface area contributed by atoms with Gasteiger partial charge in [-0.3, -0.25) is 4.79 Å². The maximum atomic E-state index is 12.6. The van der Waals surface area contributed by atoms with Gasteiger partial charge in [-0.2, -0.15) is 0 Å². The summed E-state index contributed by atoms with van der Waals surface area (Å²) in [5.74, 6) is 0.402. The molecule has 2 N–H and O–H groups in total. The summed E-state index contributed by atoms with van der Waals surface area (Å²) in [5, 5.41) is 2.91. The van der Waals surface area contributed by atoms with Crippen LogP contribution in [0.2, 0.25) is 0 Å². The van der Waals surface area contributed by atoms with Crippen molar-refractivity contribution >= 4 is 15.9 Å². The van der Waals surface area contributed by atoms with Gasteiger partial charge in [-0.1, -0.05) is 18.2 Å². The van der Waals surface area contributed by atoms with Gasteiger partial charge in [0.05, 0.1) is 24.2 Å². The zero-order valence-electron chi connectivity index (χ0n) is 16.6. The van der Waals surface area contributed by atoms with Crippen LogP contribution < -0.4 is 14.8 Å². The Hall–Kier alpha value is -2.42. The fourth-order valence-electron chi connectivity index (χ4n) is 3.26. The third-order valence-electron chi connectivity index (χ3n) is 4.90. The Morgan fingerprint density at radius 2 is 1.93 bits per heavy atom. The van der Waals surface area contributed by atoms with Crippen LogP contribution in [0, 0.1) is 0 Å². The molecule has 1 amide bonds. The highest BCUT2D eigenvalue weighted by atomic mass is 32.2. The number of para-hydroxylation sites is 1. The second-order valence-electron chi connectivity index (χ2n) is 6.95. The maximum absolute atomic E-state index is 12.6. The fourth-order valence-corrected chi connectivity index (χ4v) is 4.33. The summed E-state index contributed by atoms with van der Waals surface area (Å²) in [5.41, 5.74) is 1.24. The largest absolute Gasteiger partial charge is 0.496 e. The van der Waals surface area contributed by atoms with Crippen molar-refractivity contribution in [2.45, 2.75) is 36.8 Å². The Bertz CT molecular complexity index is 938. The predicted octanol–water partition coefficient (Wildman–Crippen LogP) is 2.64. The first kappa shape index (κ1) is 21.3. The number of methoxy groups -OCH3 is 1. The minimum absolute atomic E-state index is 0.0775. The highest BCUT2D eigenvalue weighted by Gasteiger charge is 2.21. The molecule has 1 aliphatic heterocycles. The number of amides is 1. The molecule has 1 fully saturated rings. The van der Waals surface area contributed by atoms with Gasteiger partial charge in [0.2, 0.25) is 10.0 Å². The van der Waals surface area contributed by atoms with Crippen molar-refractivity contribution in [1.29, 1.82) is 0 Å². The van der Waals surface area contributed by atoms with Gasteiger partial charge in [0.25, 0.3) is 5.91 Å². The van der Waals surface area contributed by atoms with Crippen LogP contribution in [0.15, 0.2) is 53.4 Å². The molecule has 1 aliphatic rings. The molecule has 0 spiro atoms. The Balaban J connectivity index is 1.63. The number of benzene rings is 2. The van der Waals surface area contributed by atoms with E-state index in [2.05, 4.69) is 10.0 Å². The van der Waals surface area contributed by atoms with Crippen LogP contribution in [0.1, 0.15) is 41.7 Å². The SMILES string of the molecule is COc1ccccc1[C@@H](C)NC(=O)c1ccc(S(=O)(=O)NC[C@@H]2CCCO2)cc1. The van der Waals surface area contributed by atoms with E-state index in [9.17, 15) is 13.2 Å². The highest BCUT2D eigenvalue weighted by molar-refractivity contribution is 7.89. The maximum Gasteiger partial charge on any atom is 0.251 e. The van der Waals surface area contributed by atoms with E-state index in [1.54, 1.807) is 7.11 Å². The summed E-state index contributed by atoms with van der Waals surface area (Å²) >= 11 is 0. The Kier molecular flexibility index (Phi) is 6.89. The van der Waals surface area contributed by atoms with Gasteiger partial charge >= 0.3 is 0 Å². The highest BCUT2D eigenvalue weighted by Crippen LogP contribution is 2.24. The molecule has 0 aromatic heterocycles. The Morgan fingerprint density at radius 3 is 2.59 bits per heavy atom. The standard InChI is InChI=1S/C21H26N2O5S/c1-15(19-7-3-4-8-20(19)27-2)23-21(24)16-9-11-18(12-10-16)29(25,26)22-14-17-6-5-13-28-17/h3-4,7-12,15,17,22H,5-6,13-14H2,1-2H3,(H,23,24)/t15-,17+/m1/s1. The molecule has 0 saturated carbocycles. The topological polar surface area (TPSA) is 93.7 Å². The second kappa shape index (κ2) is 9.39. The Morgan fingerprint density at radius 1 is 1.21 bits per heavy atom. The molecule has 2 atom stereocenters. The number of carbonyl (C=O) groups is 1. The van der Waals surface area contributed by atoms with Crippen molar-refractivity contribution in [3.63, 3.8) is 0 Å². The number of nitrogens with one attached hydrogen (secondary N) is 2. The number of ether oxygens (including phenoxy) is 2. The van der Waals surface area contributed by atoms with E-state index < -0.39 is 10.0 Å². The van der Waals surface area contributed by atoms with Crippen molar-refractivity contribution < 1.29 is 22.7 Å². The first-order valence-electron chi connectivity index (χ1n) is 9.56. The van der Waals surface area contributed by atoms with Crippen molar-refractivity contribution in [2.75, 3.05) is 20.3 Å². The van der Waals surface area contributed by atoms with E-state index >= 15 is 0 Å². The molecule has 0 radical (unpaired) electrons. The summed E-state index contributed by atoms with van der Waals surface area (Å²) in [7, 11) is -2.06. The molecule has 7 nitrogen and oxygen atoms in total. The van der Waals surface area contributed by atoms with Crippen LogP contribution in [0.3, 0.4) is 0 Å². The van der Waals surface area contributed by atoms with E-state index in [-0.39, 0.29) is 29.5 Å². The Labute approximate surface area is 171 Å². The van der Waals surface area contributed by atoms with Crippen LogP contribution in [0.4, 0.5) is 0 Å². The summed E-state index contributed by atoms with van der Waals surface area (Å²) in [6.45, 7) is 2.79. The second-order valence-corrected chi connectivity index (χ2v) is 8.72. The molecule has 1 heterocycles. The molecule has 8 heteroatoms. The molecule has 29 heavy (non-hydrogen) atoms. The van der Waals surface area contributed by atoms with Gasteiger partial charge in [-0.25, -0.2) is 13.1 Å². The molecular weight excluding hydrogens is 392 g/mol. The van der Waals surface area contributed by atoms with Crippen LogP contribution in [0.5, 0.6) is 5.75 Å². The van der Waals surface area contributed by atoms with Crippen molar-refractivity contribution in [3.05, 3.63) is 59.7 Å². The molecule has 2 aromatic rings. The number of hydrogen-bond acceptors (Lipinski definition) is 5. The lowest BCUT2D eigenvalue weighted by molar-refractivity contribution is 0.0939. The van der Waals surface area contributed by atoms with E-state index in [1.807, 2.05) is 31.2 Å². The third-order valence-corrected chi connectivity index (χ3v) is 6.34. The van der Waals surface area contributed by atoms with E-state index in [4.69, 9.17) is 9.47 Å². The number of hydrogen-bond donors (Lipinski definition) is 2. The molecular formula is C21H26N2O5S. The van der Waals surface area contributed by atoms with Gasteiger partial charge < -0.3 is 14.8 Å². The van der Waals surface area contributed by atoms with Crippen LogP contribution in [-0.4, -0.2) is 40.7 Å². The van der Waals surface area contributed by atoms with Crippen molar-refractivity contribution in [3.8, 4) is 5.75 Å². The van der Waals surface area contributed by atoms with Crippen LogP contribution >= 0.6 is 0 Å². The van der Waals surface area contributed by atoms with Crippen LogP contribution in [0.25, 0.3) is 0 Å². The molecule has 156 valence electrons. The van der Waals surface area contributed by atoms with Crippen molar-refractivity contribution in [1.82, 2.24) is 10.0 Å².